The van der Waals surface area contributed by atoms with Gasteiger partial charge >= 0.3 is 11.9 Å². The highest BCUT2D eigenvalue weighted by atomic mass is 16.6. The van der Waals surface area contributed by atoms with Gasteiger partial charge in [0.25, 0.3) is 0 Å². The summed E-state index contributed by atoms with van der Waals surface area (Å²) in [5, 5.41) is 83.3. The van der Waals surface area contributed by atoms with Gasteiger partial charge in [0.1, 0.15) is 58.8 Å². The first-order chi connectivity index (χ1) is 40.5. The number of methoxy groups -OCH3 is 2. The molecule has 0 saturated carbocycles. The first-order valence-corrected chi connectivity index (χ1v) is 27.4. The van der Waals surface area contributed by atoms with Crippen molar-refractivity contribution in [3.05, 3.63) is 130 Å². The van der Waals surface area contributed by atoms with Crippen LogP contribution in [0.25, 0.3) is 0 Å². The van der Waals surface area contributed by atoms with Gasteiger partial charge in [-0.1, -0.05) is 62.8 Å². The number of aromatic hydroxyl groups is 6. The molecule has 8 atom stereocenters. The van der Waals surface area contributed by atoms with Gasteiger partial charge in [-0.25, -0.2) is 0 Å². The number of unbranched alkanes of at least 4 members (excludes halogenated alkanes) is 7. The van der Waals surface area contributed by atoms with Crippen molar-refractivity contribution in [3.8, 4) is 80.5 Å². The van der Waals surface area contributed by atoms with Crippen molar-refractivity contribution in [1.82, 2.24) is 0 Å². The number of carbonyl (C=O) groups is 4. The SMILES string of the molecule is COc1cc(C2Oc3cc([C@H]4Oc5cc(O)cc(O)c5C(=O)[C@@H]4O)ccc3OC2COC(=O)CCCCCCCCCCC(=O)OCC2Oc3ccc([C@H]4Oc5cc(O)cc(O)c5C(=O)[C@@H]4O)cc3OC2c2ccc(O)c(OC)c2)ccc1O. The molecule has 0 amide bonds. The number of benzene rings is 6. The molecule has 10 rings (SSSR count). The van der Waals surface area contributed by atoms with Gasteiger partial charge in [0.2, 0.25) is 11.6 Å². The Kier molecular flexibility index (Phi) is 17.3. The number of hydrogen-bond acceptors (Lipinski definition) is 22. The molecular formula is C62H62O22. The lowest BCUT2D eigenvalue weighted by atomic mass is 9.92. The van der Waals surface area contributed by atoms with Gasteiger partial charge in [0.05, 0.1) is 14.2 Å². The van der Waals surface area contributed by atoms with E-state index in [4.69, 9.17) is 47.4 Å². The van der Waals surface area contributed by atoms with Gasteiger partial charge in [-0.15, -0.1) is 0 Å². The fourth-order valence-corrected chi connectivity index (χ4v) is 10.6. The van der Waals surface area contributed by atoms with Gasteiger partial charge in [-0.3, -0.25) is 19.2 Å². The summed E-state index contributed by atoms with van der Waals surface area (Å²) >= 11 is 0. The van der Waals surface area contributed by atoms with Gasteiger partial charge in [0, 0.05) is 48.2 Å². The predicted molar refractivity (Wildman–Crippen MR) is 293 cm³/mol. The molecule has 84 heavy (non-hydrogen) atoms. The van der Waals surface area contributed by atoms with Crippen LogP contribution in [0.5, 0.6) is 80.5 Å². The smallest absolute Gasteiger partial charge is 0.305 e. The number of carbonyl (C=O) groups excluding carboxylic acids is 4. The van der Waals surface area contributed by atoms with Crippen LogP contribution in [0.3, 0.4) is 0 Å². The Hall–Kier alpha value is -9.28. The lowest BCUT2D eigenvalue weighted by Crippen LogP contribution is -2.38. The van der Waals surface area contributed by atoms with Crippen LogP contribution in [0.1, 0.15) is 132 Å². The van der Waals surface area contributed by atoms with Crippen LogP contribution in [0.15, 0.2) is 97.1 Å². The van der Waals surface area contributed by atoms with Crippen molar-refractivity contribution >= 4 is 23.5 Å². The second-order valence-corrected chi connectivity index (χ2v) is 20.7. The number of hydrogen-bond donors (Lipinski definition) is 8. The third-order valence-corrected chi connectivity index (χ3v) is 15.0. The minimum atomic E-state index is -1.70. The highest BCUT2D eigenvalue weighted by Crippen LogP contribution is 2.49. The summed E-state index contributed by atoms with van der Waals surface area (Å²) in [6.45, 7) is -0.374. The molecule has 4 aliphatic heterocycles. The molecule has 6 aromatic rings. The van der Waals surface area contributed by atoms with Crippen LogP contribution in [-0.4, -0.2) is 116 Å². The quantitative estimate of drug-likeness (QED) is 0.0246. The van der Waals surface area contributed by atoms with E-state index >= 15 is 0 Å². The number of aliphatic hydroxyl groups is 2. The molecule has 4 aliphatic rings. The molecule has 4 unspecified atom stereocenters. The maximum Gasteiger partial charge on any atom is 0.305 e. The Labute approximate surface area is 480 Å². The molecule has 6 aromatic carbocycles. The van der Waals surface area contributed by atoms with E-state index < -0.39 is 83.8 Å². The molecule has 0 saturated heterocycles. The number of rotatable bonds is 21. The number of esters is 2. The highest BCUT2D eigenvalue weighted by molar-refractivity contribution is 6.06. The number of fused-ring (bicyclic) bond motifs is 4. The van der Waals surface area contributed by atoms with Gasteiger partial charge in [0.15, 0.2) is 94.8 Å². The van der Waals surface area contributed by atoms with Crippen LogP contribution >= 0.6 is 0 Å². The van der Waals surface area contributed by atoms with E-state index in [2.05, 4.69) is 0 Å². The molecule has 0 bridgehead atoms. The normalized spacial score (nSPS) is 21.0. The second-order valence-electron chi connectivity index (χ2n) is 20.7. The number of phenolic OH excluding ortho intramolecular Hbond substituents is 6. The minimum Gasteiger partial charge on any atom is -0.508 e. The van der Waals surface area contributed by atoms with Crippen molar-refractivity contribution in [2.45, 2.75) is 113 Å². The third kappa shape index (κ3) is 12.4. The van der Waals surface area contributed by atoms with Crippen molar-refractivity contribution in [3.63, 3.8) is 0 Å². The summed E-state index contributed by atoms with van der Waals surface area (Å²) in [6, 6.07) is 22.9. The highest BCUT2D eigenvalue weighted by Gasteiger charge is 2.43. The maximum absolute atomic E-state index is 13.1. The number of Topliss-reactive ketones (excluding diaryl/α,β-unsaturated/α-hetero) is 2. The standard InChI is InChI=1S/C62H62O22/c1-75-43-21-31(13-17-37(43)65)59-49(79-41-19-15-33(23-45(41)81-59)61-57(73)55(71)53-39(67)25-35(63)27-47(53)83-61)29-77-51(69)11-9-7-5-3-4-6-8-10-12-52(70)78-30-50-60(32-14-18-38(66)44(22-32)76-2)82-46-24-34(16-20-42(46)80-50)62-58(74)56(72)54-40(68)26-36(64)28-48(54)84-62/h13-28,49-50,57-68,73-74H,3-12,29-30H2,1-2H3/t49?,50?,57-,58-,59?,60?,61+,62+/m0/s1. The molecule has 0 radical (unpaired) electrons. The van der Waals surface area contributed by atoms with E-state index in [1.165, 1.54) is 50.6 Å². The lowest BCUT2D eigenvalue weighted by molar-refractivity contribution is -0.149. The molecule has 8 N–H and O–H groups in total. The Morgan fingerprint density at radius 1 is 0.405 bits per heavy atom. The number of aliphatic hydroxyl groups excluding tert-OH is 2. The molecule has 0 aromatic heterocycles. The molecule has 0 fully saturated rings. The van der Waals surface area contributed by atoms with Crippen molar-refractivity contribution in [2.75, 3.05) is 27.4 Å². The van der Waals surface area contributed by atoms with E-state index in [9.17, 15) is 60.0 Å². The molecule has 0 aliphatic carbocycles. The first-order valence-electron chi connectivity index (χ1n) is 27.4. The van der Waals surface area contributed by atoms with Crippen molar-refractivity contribution in [2.24, 2.45) is 0 Å². The lowest BCUT2D eigenvalue weighted by Gasteiger charge is -2.35. The van der Waals surface area contributed by atoms with Crippen molar-refractivity contribution < 1.29 is 107 Å². The molecule has 0 spiro atoms. The Morgan fingerprint density at radius 3 is 1.15 bits per heavy atom. The Morgan fingerprint density at radius 2 is 0.762 bits per heavy atom. The summed E-state index contributed by atoms with van der Waals surface area (Å²) in [7, 11) is 2.80. The molecule has 22 nitrogen and oxygen atoms in total. The fourth-order valence-electron chi connectivity index (χ4n) is 10.6. The van der Waals surface area contributed by atoms with E-state index in [-0.39, 0.29) is 106 Å². The fraction of sp³-hybridized carbons (Fsp3) is 0.355. The summed E-state index contributed by atoms with van der Waals surface area (Å²) in [5.74, 6) is -3.31. The zero-order valence-electron chi connectivity index (χ0n) is 45.6. The minimum absolute atomic E-state index is 0.109. The van der Waals surface area contributed by atoms with Crippen molar-refractivity contribution in [1.29, 1.82) is 0 Å². The monoisotopic (exact) mass is 1160 g/mol. The van der Waals surface area contributed by atoms with Crippen LogP contribution in [0.2, 0.25) is 0 Å². The first kappa shape index (κ1) is 57.9. The van der Waals surface area contributed by atoms with E-state index in [0.29, 0.717) is 35.1 Å². The van der Waals surface area contributed by atoms with Crippen LogP contribution < -0.4 is 37.9 Å². The number of ketones is 2. The predicted octanol–water partition coefficient (Wildman–Crippen LogP) is 8.74. The summed E-state index contributed by atoms with van der Waals surface area (Å²) < 4.78 is 59.5. The average Bonchev–Trinajstić information content (AvgIpc) is 1.26. The zero-order chi connectivity index (χ0) is 59.3. The van der Waals surface area contributed by atoms with Gasteiger partial charge < -0.3 is 88.2 Å². The topological polar surface area (TPSA) is 322 Å². The third-order valence-electron chi connectivity index (χ3n) is 15.0. The average molecular weight is 1160 g/mol. The van der Waals surface area contributed by atoms with Crippen LogP contribution in [-0.2, 0) is 19.1 Å². The molecular weight excluding hydrogens is 1100 g/mol. The second kappa shape index (κ2) is 25.1. The summed E-state index contributed by atoms with van der Waals surface area (Å²) in [4.78, 5) is 52.4. The number of phenols is 6. The summed E-state index contributed by atoms with van der Waals surface area (Å²) in [5.41, 5.74) is 1.19. The van der Waals surface area contributed by atoms with Gasteiger partial charge in [-0.2, -0.15) is 0 Å². The largest absolute Gasteiger partial charge is 0.508 e. The van der Waals surface area contributed by atoms with Gasteiger partial charge in [-0.05, 0) is 72.5 Å². The Balaban J connectivity index is 0.661. The van der Waals surface area contributed by atoms with Crippen LogP contribution in [0.4, 0.5) is 0 Å². The summed E-state index contributed by atoms with van der Waals surface area (Å²) in [6.07, 6.45) is -2.62. The van der Waals surface area contributed by atoms with E-state index in [0.717, 1.165) is 50.7 Å². The molecule has 4 heterocycles. The zero-order valence-corrected chi connectivity index (χ0v) is 45.6. The number of ether oxygens (including phenoxy) is 10. The molecule has 22 heteroatoms. The van der Waals surface area contributed by atoms with E-state index in [1.54, 1.807) is 48.5 Å². The Bertz CT molecular complexity index is 3230. The molecule has 442 valence electrons. The van der Waals surface area contributed by atoms with Crippen LogP contribution in [0, 0.1) is 0 Å². The van der Waals surface area contributed by atoms with E-state index in [1.807, 2.05) is 0 Å². The maximum atomic E-state index is 13.1.